The van der Waals surface area contributed by atoms with Gasteiger partial charge in [0.05, 0.1) is 10.0 Å². The zero-order valence-electron chi connectivity index (χ0n) is 15.8. The van der Waals surface area contributed by atoms with Crippen molar-refractivity contribution < 1.29 is 9.63 Å². The van der Waals surface area contributed by atoms with E-state index in [2.05, 4.69) is 22.3 Å². The minimum atomic E-state index is 0.176. The summed E-state index contributed by atoms with van der Waals surface area (Å²) in [5.74, 6) is 1.39. The first-order valence-corrected chi connectivity index (χ1v) is 10.9. The second kappa shape index (κ2) is 6.86. The molecule has 2 bridgehead atoms. The van der Waals surface area contributed by atoms with Crippen molar-refractivity contribution in [3.63, 3.8) is 0 Å². The fraction of sp³-hybridized carbons (Fsp3) is 0.545. The summed E-state index contributed by atoms with van der Waals surface area (Å²) >= 11 is 12.8. The monoisotopic (exact) mass is 418 g/mol. The fourth-order valence-electron chi connectivity index (χ4n) is 4.97. The number of aliphatic hydroxyl groups is 1. The molecule has 0 aliphatic heterocycles. The summed E-state index contributed by atoms with van der Waals surface area (Å²) in [7, 11) is 0. The number of hydrogen-bond donors (Lipinski definition) is 1. The molecule has 0 spiro atoms. The molecule has 6 heteroatoms. The SMILES string of the molecule is OCC12CCC(/C=C/c3c(-c4c(Cl)cncc4Cl)noc3C3CC3)(CC1)CC2. The first-order chi connectivity index (χ1) is 13.5. The third-order valence-corrected chi connectivity index (χ3v) is 7.77. The third kappa shape index (κ3) is 3.10. The Bertz CT molecular complexity index is 888. The molecule has 1 N–H and O–H groups in total. The van der Waals surface area contributed by atoms with Crippen LogP contribution in [-0.2, 0) is 0 Å². The van der Waals surface area contributed by atoms with E-state index in [4.69, 9.17) is 27.7 Å². The summed E-state index contributed by atoms with van der Waals surface area (Å²) in [5, 5.41) is 15.1. The normalized spacial score (nSPS) is 29.7. The van der Waals surface area contributed by atoms with Gasteiger partial charge in [-0.05, 0) is 62.2 Å². The van der Waals surface area contributed by atoms with Gasteiger partial charge in [0.25, 0.3) is 0 Å². The quantitative estimate of drug-likeness (QED) is 0.621. The van der Waals surface area contributed by atoms with Crippen LogP contribution in [0.1, 0.15) is 68.6 Å². The lowest BCUT2D eigenvalue weighted by molar-refractivity contribution is -0.0197. The number of aromatic nitrogens is 2. The second-order valence-corrected chi connectivity index (χ2v) is 9.73. The number of allylic oxidation sites excluding steroid dienone is 1. The molecule has 0 amide bonds. The van der Waals surface area contributed by atoms with E-state index in [-0.39, 0.29) is 10.8 Å². The van der Waals surface area contributed by atoms with E-state index >= 15 is 0 Å². The van der Waals surface area contributed by atoms with E-state index in [1.54, 1.807) is 12.4 Å². The van der Waals surface area contributed by atoms with Crippen molar-refractivity contribution in [2.75, 3.05) is 6.61 Å². The van der Waals surface area contributed by atoms with Gasteiger partial charge in [-0.25, -0.2) is 0 Å². The maximum atomic E-state index is 9.78. The van der Waals surface area contributed by atoms with E-state index in [0.29, 0.717) is 33.8 Å². The van der Waals surface area contributed by atoms with Crippen molar-refractivity contribution in [1.29, 1.82) is 0 Å². The standard InChI is InChI=1S/C22H24Cl2N2O2/c23-16-11-25-12-17(24)18(16)19-15(20(28-26-19)14-1-2-14)3-4-21-5-8-22(13-27,9-6-21)10-7-21/h3-4,11-12,14,27H,1-2,5-10,13H2/b4-3+. The first kappa shape index (κ1) is 18.7. The van der Waals surface area contributed by atoms with Gasteiger partial charge in [-0.1, -0.05) is 40.5 Å². The van der Waals surface area contributed by atoms with Crippen LogP contribution in [0.15, 0.2) is 23.0 Å². The van der Waals surface area contributed by atoms with Crippen LogP contribution in [0.5, 0.6) is 0 Å². The highest BCUT2D eigenvalue weighted by atomic mass is 35.5. The Balaban J connectivity index is 1.52. The molecule has 0 radical (unpaired) electrons. The molecule has 0 saturated heterocycles. The van der Waals surface area contributed by atoms with E-state index in [0.717, 1.165) is 62.7 Å². The molecule has 6 rings (SSSR count). The van der Waals surface area contributed by atoms with Gasteiger partial charge in [-0.3, -0.25) is 4.98 Å². The minimum absolute atomic E-state index is 0.176. The van der Waals surface area contributed by atoms with E-state index in [1.165, 1.54) is 0 Å². The van der Waals surface area contributed by atoms with E-state index < -0.39 is 0 Å². The molecule has 0 unspecified atom stereocenters. The van der Waals surface area contributed by atoms with Crippen LogP contribution < -0.4 is 0 Å². The molecule has 4 saturated carbocycles. The summed E-state index contributed by atoms with van der Waals surface area (Å²) in [4.78, 5) is 4.06. The van der Waals surface area contributed by atoms with Gasteiger partial charge in [-0.15, -0.1) is 0 Å². The molecule has 2 aromatic rings. The van der Waals surface area contributed by atoms with Gasteiger partial charge in [0.15, 0.2) is 0 Å². The predicted octanol–water partition coefficient (Wildman–Crippen LogP) is 6.27. The Morgan fingerprint density at radius 1 is 1.07 bits per heavy atom. The highest BCUT2D eigenvalue weighted by molar-refractivity contribution is 6.39. The molecular weight excluding hydrogens is 395 g/mol. The van der Waals surface area contributed by atoms with Crippen molar-refractivity contribution in [1.82, 2.24) is 10.1 Å². The molecule has 2 aromatic heterocycles. The maximum absolute atomic E-state index is 9.78. The van der Waals surface area contributed by atoms with Gasteiger partial charge >= 0.3 is 0 Å². The second-order valence-electron chi connectivity index (χ2n) is 8.92. The van der Waals surface area contributed by atoms with Crippen LogP contribution in [0.2, 0.25) is 10.0 Å². The first-order valence-electron chi connectivity index (χ1n) is 10.1. The molecule has 0 atom stereocenters. The minimum Gasteiger partial charge on any atom is -0.396 e. The highest BCUT2D eigenvalue weighted by Gasteiger charge is 2.47. The summed E-state index contributed by atoms with van der Waals surface area (Å²) in [6, 6.07) is 0. The number of aliphatic hydroxyl groups excluding tert-OH is 1. The molecule has 4 aliphatic carbocycles. The summed E-state index contributed by atoms with van der Waals surface area (Å²) in [6.07, 6.45) is 16.8. The Labute approximate surface area is 174 Å². The molecule has 4 aliphatic rings. The van der Waals surface area contributed by atoms with Gasteiger partial charge in [0.1, 0.15) is 11.5 Å². The highest BCUT2D eigenvalue weighted by Crippen LogP contribution is 2.57. The van der Waals surface area contributed by atoms with Crippen molar-refractivity contribution >= 4 is 29.3 Å². The molecule has 148 valence electrons. The summed E-state index contributed by atoms with van der Waals surface area (Å²) < 4.78 is 5.76. The van der Waals surface area contributed by atoms with Gasteiger partial charge < -0.3 is 9.63 Å². The van der Waals surface area contributed by atoms with Crippen LogP contribution in [0, 0.1) is 10.8 Å². The molecule has 0 aromatic carbocycles. The van der Waals surface area contributed by atoms with Crippen LogP contribution in [0.25, 0.3) is 17.3 Å². The lowest BCUT2D eigenvalue weighted by Gasteiger charge is -2.51. The van der Waals surface area contributed by atoms with Crippen LogP contribution in [-0.4, -0.2) is 21.9 Å². The number of halogens is 2. The van der Waals surface area contributed by atoms with Gasteiger partial charge in [-0.2, -0.15) is 0 Å². The smallest absolute Gasteiger partial charge is 0.147 e. The molecular formula is C22H24Cl2N2O2. The van der Waals surface area contributed by atoms with Crippen molar-refractivity contribution in [2.45, 2.75) is 57.3 Å². The van der Waals surface area contributed by atoms with E-state index in [1.807, 2.05) is 0 Å². The van der Waals surface area contributed by atoms with Crippen molar-refractivity contribution in [3.05, 3.63) is 39.8 Å². The average Bonchev–Trinajstić information content (AvgIpc) is 3.48. The van der Waals surface area contributed by atoms with E-state index in [9.17, 15) is 5.11 Å². The molecule has 4 nitrogen and oxygen atoms in total. The predicted molar refractivity (Wildman–Crippen MR) is 110 cm³/mol. The van der Waals surface area contributed by atoms with Gasteiger partial charge in [0, 0.05) is 36.0 Å². The average molecular weight is 419 g/mol. The lowest BCUT2D eigenvalue weighted by atomic mass is 9.54. The number of fused-ring (bicyclic) bond motifs is 3. The maximum Gasteiger partial charge on any atom is 0.147 e. The van der Waals surface area contributed by atoms with Crippen LogP contribution in [0.3, 0.4) is 0 Å². The van der Waals surface area contributed by atoms with Gasteiger partial charge in [0.2, 0.25) is 0 Å². The molecule has 28 heavy (non-hydrogen) atoms. The number of pyridine rings is 1. The number of nitrogens with zero attached hydrogens (tertiary/aromatic N) is 2. The summed E-state index contributed by atoms with van der Waals surface area (Å²) in [6.45, 7) is 0.327. The van der Waals surface area contributed by atoms with Crippen molar-refractivity contribution in [3.8, 4) is 11.3 Å². The number of hydrogen-bond acceptors (Lipinski definition) is 4. The Morgan fingerprint density at radius 3 is 2.29 bits per heavy atom. The Hall–Kier alpha value is -1.36. The van der Waals surface area contributed by atoms with Crippen LogP contribution in [0.4, 0.5) is 0 Å². The van der Waals surface area contributed by atoms with Crippen LogP contribution >= 0.6 is 23.2 Å². The Morgan fingerprint density at radius 2 is 1.71 bits per heavy atom. The Kier molecular flexibility index (Phi) is 4.57. The largest absolute Gasteiger partial charge is 0.396 e. The van der Waals surface area contributed by atoms with Crippen molar-refractivity contribution in [2.24, 2.45) is 10.8 Å². The molecule has 4 fully saturated rings. The topological polar surface area (TPSA) is 59.2 Å². The third-order valence-electron chi connectivity index (χ3n) is 7.19. The zero-order valence-corrected chi connectivity index (χ0v) is 17.3. The zero-order chi connectivity index (χ0) is 19.4. The molecule has 2 heterocycles. The lowest BCUT2D eigenvalue weighted by Crippen LogP contribution is -2.42. The summed E-state index contributed by atoms with van der Waals surface area (Å²) in [5.41, 5.74) is 2.81. The number of rotatable bonds is 5. The fourth-order valence-corrected chi connectivity index (χ4v) is 5.51.